The molecule has 3 heterocycles. The van der Waals surface area contributed by atoms with E-state index in [1.165, 1.54) is 0 Å². The average Bonchev–Trinajstić information content (AvgIpc) is 3.41. The van der Waals surface area contributed by atoms with Crippen LogP contribution in [-0.2, 0) is 71.1 Å². The lowest BCUT2D eigenvalue weighted by Gasteiger charge is -2.51. The number of rotatable bonds is 48. The number of aliphatic hydroxyl groups excluding tert-OH is 1. The lowest BCUT2D eigenvalue weighted by atomic mass is 9.95. The van der Waals surface area contributed by atoms with Gasteiger partial charge in [0.05, 0.1) is 26.4 Å². The summed E-state index contributed by atoms with van der Waals surface area (Å²) in [7, 11) is 0. The van der Waals surface area contributed by atoms with Crippen LogP contribution in [-0.4, -0.2) is 183 Å². The third kappa shape index (κ3) is 25.2. The van der Waals surface area contributed by atoms with Gasteiger partial charge in [-0.25, -0.2) is 0 Å². The highest BCUT2D eigenvalue weighted by Crippen LogP contribution is 2.38. The van der Waals surface area contributed by atoms with Crippen molar-refractivity contribution in [2.45, 2.75) is 283 Å². The smallest absolute Gasteiger partial charge is 0.187 e. The average molecular weight is 1080 g/mol. The number of unbranched alkanes of at least 4 members (excludes halogenated alkanes) is 10. The zero-order valence-corrected chi connectivity index (χ0v) is 48.9. The van der Waals surface area contributed by atoms with Crippen molar-refractivity contribution in [3.05, 3.63) is 12.7 Å². The van der Waals surface area contributed by atoms with E-state index < -0.39 is 92.1 Å². The van der Waals surface area contributed by atoms with Crippen LogP contribution in [0.1, 0.15) is 191 Å². The van der Waals surface area contributed by atoms with Gasteiger partial charge in [0.2, 0.25) is 0 Å². The fourth-order valence-corrected chi connectivity index (χ4v) is 9.11. The first-order valence-corrected chi connectivity index (χ1v) is 30.4. The van der Waals surface area contributed by atoms with Crippen LogP contribution in [0, 0.1) is 0 Å². The molecule has 9 unspecified atom stereocenters. The maximum Gasteiger partial charge on any atom is 0.187 e. The highest BCUT2D eigenvalue weighted by Gasteiger charge is 2.57. The number of aliphatic hydroxyl groups is 1. The summed E-state index contributed by atoms with van der Waals surface area (Å²) in [4.78, 5) is 0. The predicted octanol–water partition coefficient (Wildman–Crippen LogP) is 10.8. The van der Waals surface area contributed by atoms with E-state index >= 15 is 0 Å². The summed E-state index contributed by atoms with van der Waals surface area (Å²) in [5, 5.41) is 12.4. The second-order valence-corrected chi connectivity index (χ2v) is 20.5. The molecule has 0 aromatic rings. The fraction of sp³-hybridized carbons (Fsp3) is 0.966. The Hall–Kier alpha value is -0.900. The Labute approximate surface area is 456 Å². The lowest BCUT2D eigenvalue weighted by molar-refractivity contribution is -0.391. The molecule has 0 aromatic heterocycles. The Kier molecular flexibility index (Phi) is 40.0. The molecule has 75 heavy (non-hydrogen) atoms. The van der Waals surface area contributed by atoms with Gasteiger partial charge in [-0.2, -0.15) is 0 Å². The topological polar surface area (TPSA) is 159 Å². The number of ether oxygens (including phenoxy) is 15. The van der Waals surface area contributed by atoms with E-state index in [-0.39, 0.29) is 19.8 Å². The summed E-state index contributed by atoms with van der Waals surface area (Å²) in [6, 6.07) is 0. The van der Waals surface area contributed by atoms with Gasteiger partial charge in [0.1, 0.15) is 73.2 Å². The van der Waals surface area contributed by atoms with Crippen LogP contribution in [0.4, 0.5) is 0 Å². The first kappa shape index (κ1) is 68.4. The standard InChI is InChI=1S/C59H112O16/c1-11-21-31-41-70-57-55(68-39-29-19-9)53(66-37-27-17-7)50(46(71-57)43-62-33-23-13-3)75-59-56(69-40-30-20-10)54(67-38-28-18-8)51(47(73-59)44-63-34-24-14-4)74-58-52(65-36-26-16-6)48(60)49(64-35-25-15-5)45(72-58)42-61-32-22-12-2/h11,45-60H,1,12-44H2,2-10H3/t45?,46?,47?,48?,49-,50+,51-,52?,53?,54?,55?,56?,57+,58+,59-/m0/s1. The maximum atomic E-state index is 12.4. The molecule has 3 aliphatic rings. The van der Waals surface area contributed by atoms with Crippen molar-refractivity contribution in [1.82, 2.24) is 0 Å². The molecular weight excluding hydrogens is 965 g/mol. The molecule has 0 aromatic carbocycles. The van der Waals surface area contributed by atoms with Crippen LogP contribution in [0.2, 0.25) is 0 Å². The predicted molar refractivity (Wildman–Crippen MR) is 292 cm³/mol. The summed E-state index contributed by atoms with van der Waals surface area (Å²) in [5.74, 6) is 0. The van der Waals surface area contributed by atoms with Crippen LogP contribution >= 0.6 is 0 Å². The van der Waals surface area contributed by atoms with Gasteiger partial charge in [-0.05, 0) is 70.6 Å². The summed E-state index contributed by atoms with van der Waals surface area (Å²) in [6.45, 7) is 28.6. The Balaban J connectivity index is 2.24. The third-order valence-corrected chi connectivity index (χ3v) is 13.8. The fourth-order valence-electron chi connectivity index (χ4n) is 9.11. The highest BCUT2D eigenvalue weighted by atomic mass is 16.8. The van der Waals surface area contributed by atoms with Crippen molar-refractivity contribution in [1.29, 1.82) is 0 Å². The van der Waals surface area contributed by atoms with Crippen molar-refractivity contribution >= 4 is 0 Å². The van der Waals surface area contributed by atoms with Gasteiger partial charge in [-0.15, -0.1) is 6.58 Å². The minimum Gasteiger partial charge on any atom is -0.387 e. The molecule has 444 valence electrons. The highest BCUT2D eigenvalue weighted by molar-refractivity contribution is 4.99. The second-order valence-electron chi connectivity index (χ2n) is 20.5. The summed E-state index contributed by atoms with van der Waals surface area (Å²) >= 11 is 0. The van der Waals surface area contributed by atoms with E-state index in [4.69, 9.17) is 71.1 Å². The molecule has 0 spiro atoms. The molecular formula is C59H112O16. The van der Waals surface area contributed by atoms with Crippen LogP contribution in [0.25, 0.3) is 0 Å². The molecule has 3 fully saturated rings. The summed E-state index contributed by atoms with van der Waals surface area (Å²) in [6.07, 6.45) is 7.80. The van der Waals surface area contributed by atoms with Crippen LogP contribution in [0.15, 0.2) is 12.7 Å². The molecule has 3 saturated heterocycles. The molecule has 3 aliphatic heterocycles. The minimum absolute atomic E-state index is 0.160. The number of hydrogen-bond acceptors (Lipinski definition) is 16. The van der Waals surface area contributed by atoms with E-state index in [9.17, 15) is 5.11 Å². The Bertz CT molecular complexity index is 1320. The van der Waals surface area contributed by atoms with Gasteiger partial charge >= 0.3 is 0 Å². The monoisotopic (exact) mass is 1080 g/mol. The molecule has 0 aliphatic carbocycles. The van der Waals surface area contributed by atoms with Gasteiger partial charge in [0.25, 0.3) is 0 Å². The molecule has 16 nitrogen and oxygen atoms in total. The number of allylic oxidation sites excluding steroid dienone is 1. The van der Waals surface area contributed by atoms with E-state index in [1.54, 1.807) is 0 Å². The van der Waals surface area contributed by atoms with Gasteiger partial charge in [0, 0.05) is 59.5 Å². The zero-order chi connectivity index (χ0) is 54.3. The largest absolute Gasteiger partial charge is 0.387 e. The van der Waals surface area contributed by atoms with Gasteiger partial charge in [-0.1, -0.05) is 126 Å². The summed E-state index contributed by atoms with van der Waals surface area (Å²) < 4.78 is 102. The maximum absolute atomic E-state index is 12.4. The van der Waals surface area contributed by atoms with Crippen molar-refractivity contribution < 1.29 is 76.2 Å². The Morgan fingerprint density at radius 3 is 1.01 bits per heavy atom. The van der Waals surface area contributed by atoms with Crippen LogP contribution in [0.5, 0.6) is 0 Å². The van der Waals surface area contributed by atoms with Crippen LogP contribution in [0.3, 0.4) is 0 Å². The van der Waals surface area contributed by atoms with Gasteiger partial charge in [0.15, 0.2) is 18.9 Å². The third-order valence-electron chi connectivity index (χ3n) is 13.8. The van der Waals surface area contributed by atoms with Crippen molar-refractivity contribution in [3.63, 3.8) is 0 Å². The normalized spacial score (nSPS) is 30.3. The summed E-state index contributed by atoms with van der Waals surface area (Å²) in [5.41, 5.74) is 0. The van der Waals surface area contributed by atoms with E-state index in [0.29, 0.717) is 66.1 Å². The lowest BCUT2D eigenvalue weighted by Crippen LogP contribution is -2.68. The molecule has 3 rings (SSSR count). The molecule has 0 bridgehead atoms. The van der Waals surface area contributed by atoms with Gasteiger partial charge < -0.3 is 76.2 Å². The van der Waals surface area contributed by atoms with Crippen molar-refractivity contribution in [2.75, 3.05) is 85.9 Å². The molecule has 0 radical (unpaired) electrons. The van der Waals surface area contributed by atoms with Crippen LogP contribution < -0.4 is 0 Å². The van der Waals surface area contributed by atoms with E-state index in [1.807, 2.05) is 6.08 Å². The number of hydrogen-bond donors (Lipinski definition) is 1. The molecule has 15 atom stereocenters. The van der Waals surface area contributed by atoms with E-state index in [2.05, 4.69) is 68.9 Å². The zero-order valence-electron chi connectivity index (χ0n) is 48.9. The Morgan fingerprint density at radius 1 is 0.333 bits per heavy atom. The second kappa shape index (κ2) is 43.8. The quantitative estimate of drug-likeness (QED) is 0.0453. The molecule has 1 N–H and O–H groups in total. The van der Waals surface area contributed by atoms with E-state index in [0.717, 1.165) is 128 Å². The SMILES string of the molecule is C=CCCCO[C@@H]1OC(COCCCC)[C@@H](O[C@@H]2OC(COCCCC)[C@H](O[C@H]3OC(COCCCC)[C@H](OCCCC)C(O)C3OCCCC)C(OCCCC)C2OCCCC)C(OCCCC)C1OCCCC. The molecule has 16 heteroatoms. The first-order valence-electron chi connectivity index (χ1n) is 30.4. The molecule has 0 saturated carbocycles. The first-order chi connectivity index (χ1) is 36.8. The van der Waals surface area contributed by atoms with Crippen molar-refractivity contribution in [3.8, 4) is 0 Å². The Morgan fingerprint density at radius 2 is 0.627 bits per heavy atom. The minimum atomic E-state index is -1.08. The molecule has 0 amide bonds. The van der Waals surface area contributed by atoms with Gasteiger partial charge in [-0.3, -0.25) is 0 Å². The van der Waals surface area contributed by atoms with Crippen molar-refractivity contribution in [2.24, 2.45) is 0 Å².